The smallest absolute Gasteiger partial charge is 0.287 e. The summed E-state index contributed by atoms with van der Waals surface area (Å²) in [6.45, 7) is 7.03. The van der Waals surface area contributed by atoms with Crippen molar-refractivity contribution >= 4 is 5.91 Å². The topological polar surface area (TPSA) is 69.3 Å². The van der Waals surface area contributed by atoms with Crippen molar-refractivity contribution in [2.45, 2.75) is 59.2 Å². The van der Waals surface area contributed by atoms with Gasteiger partial charge in [-0.25, -0.2) is 0 Å². The monoisotopic (exact) mass is 393 g/mol. The summed E-state index contributed by atoms with van der Waals surface area (Å²) in [6.07, 6.45) is 5.46. The van der Waals surface area contributed by atoms with Gasteiger partial charge in [0.25, 0.3) is 5.91 Å². The molecule has 0 saturated carbocycles. The Kier molecular flexibility index (Phi) is 5.43. The number of aromatic nitrogens is 2. The van der Waals surface area contributed by atoms with Crippen molar-refractivity contribution in [2.24, 2.45) is 0 Å². The Morgan fingerprint density at radius 2 is 2.10 bits per heavy atom. The van der Waals surface area contributed by atoms with Crippen LogP contribution in [0.2, 0.25) is 0 Å². The number of fused-ring (bicyclic) bond motifs is 1. The Bertz CT molecular complexity index is 1020. The van der Waals surface area contributed by atoms with E-state index in [4.69, 9.17) is 9.15 Å². The summed E-state index contributed by atoms with van der Waals surface area (Å²) in [7, 11) is 0. The Morgan fingerprint density at radius 1 is 1.28 bits per heavy atom. The molecule has 1 aromatic carbocycles. The number of furan rings is 1. The lowest BCUT2D eigenvalue weighted by atomic mass is 10.1. The van der Waals surface area contributed by atoms with E-state index in [9.17, 15) is 4.79 Å². The molecule has 3 aromatic rings. The first-order valence-electron chi connectivity index (χ1n) is 10.2. The van der Waals surface area contributed by atoms with Crippen LogP contribution in [0.25, 0.3) is 0 Å². The third kappa shape index (κ3) is 4.21. The third-order valence-electron chi connectivity index (χ3n) is 5.46. The molecule has 1 unspecified atom stereocenters. The van der Waals surface area contributed by atoms with Crippen LogP contribution in [0.4, 0.5) is 0 Å². The van der Waals surface area contributed by atoms with E-state index in [0.29, 0.717) is 12.4 Å². The van der Waals surface area contributed by atoms with E-state index < -0.39 is 0 Å². The first-order valence-corrected chi connectivity index (χ1v) is 10.2. The van der Waals surface area contributed by atoms with Gasteiger partial charge < -0.3 is 14.5 Å². The van der Waals surface area contributed by atoms with Crippen molar-refractivity contribution in [1.29, 1.82) is 0 Å². The van der Waals surface area contributed by atoms with Gasteiger partial charge in [0.15, 0.2) is 5.76 Å². The fourth-order valence-electron chi connectivity index (χ4n) is 3.84. The maximum absolute atomic E-state index is 12.6. The minimum absolute atomic E-state index is 0.154. The molecule has 1 atom stereocenters. The van der Waals surface area contributed by atoms with E-state index in [1.807, 2.05) is 37.7 Å². The largest absolute Gasteiger partial charge is 0.486 e. The van der Waals surface area contributed by atoms with E-state index in [-0.39, 0.29) is 17.7 Å². The van der Waals surface area contributed by atoms with Crippen LogP contribution in [0.5, 0.6) is 5.75 Å². The number of nitrogens with zero attached hydrogens (tertiary/aromatic N) is 2. The number of carbonyl (C=O) groups is 1. The third-order valence-corrected chi connectivity index (χ3v) is 5.46. The highest BCUT2D eigenvalue weighted by Gasteiger charge is 2.18. The molecule has 0 spiro atoms. The Morgan fingerprint density at radius 3 is 2.90 bits per heavy atom. The summed E-state index contributed by atoms with van der Waals surface area (Å²) < 4.78 is 13.4. The SMILES string of the molecule is CCn1cc(C(C)NC(=O)c2ccc(COc3ccc4c(c3)CCC4)o2)c(C)n1. The summed E-state index contributed by atoms with van der Waals surface area (Å²) in [4.78, 5) is 12.6. The Balaban J connectivity index is 1.35. The van der Waals surface area contributed by atoms with Crippen molar-refractivity contribution in [3.63, 3.8) is 0 Å². The number of hydrogen-bond donors (Lipinski definition) is 1. The van der Waals surface area contributed by atoms with Gasteiger partial charge in [-0.05, 0) is 75.4 Å². The molecule has 0 aliphatic heterocycles. The van der Waals surface area contributed by atoms with E-state index >= 15 is 0 Å². The highest BCUT2D eigenvalue weighted by Crippen LogP contribution is 2.26. The van der Waals surface area contributed by atoms with Crippen LogP contribution >= 0.6 is 0 Å². The van der Waals surface area contributed by atoms with Gasteiger partial charge in [-0.1, -0.05) is 6.07 Å². The van der Waals surface area contributed by atoms with Gasteiger partial charge in [0.2, 0.25) is 0 Å². The lowest BCUT2D eigenvalue weighted by Crippen LogP contribution is -2.26. The highest BCUT2D eigenvalue weighted by molar-refractivity contribution is 5.91. The van der Waals surface area contributed by atoms with Crippen LogP contribution in [-0.2, 0) is 26.0 Å². The molecule has 1 N–H and O–H groups in total. The van der Waals surface area contributed by atoms with E-state index in [1.165, 1.54) is 17.5 Å². The number of ether oxygens (including phenoxy) is 1. The molecule has 0 fully saturated rings. The molecule has 2 aromatic heterocycles. The normalized spacial score (nSPS) is 13.9. The molecule has 0 radical (unpaired) electrons. The van der Waals surface area contributed by atoms with Crippen LogP contribution in [-0.4, -0.2) is 15.7 Å². The molecular formula is C23H27N3O3. The standard InChI is InChI=1S/C23H27N3O3/c1-4-26-13-21(16(3)25-26)15(2)24-23(27)22-11-10-20(29-22)14-28-19-9-8-17-6-5-7-18(17)12-19/h8-13,15H,4-7,14H2,1-3H3,(H,24,27). The molecule has 2 heterocycles. The van der Waals surface area contributed by atoms with E-state index in [2.05, 4.69) is 22.5 Å². The van der Waals surface area contributed by atoms with Gasteiger partial charge in [0.05, 0.1) is 11.7 Å². The van der Waals surface area contributed by atoms with Crippen molar-refractivity contribution in [3.05, 3.63) is 70.4 Å². The molecule has 29 heavy (non-hydrogen) atoms. The van der Waals surface area contributed by atoms with Crippen LogP contribution in [0.15, 0.2) is 40.9 Å². The summed E-state index contributed by atoms with van der Waals surface area (Å²) in [5.41, 5.74) is 4.72. The van der Waals surface area contributed by atoms with Gasteiger partial charge >= 0.3 is 0 Å². The number of amides is 1. The van der Waals surface area contributed by atoms with Crippen molar-refractivity contribution < 1.29 is 13.9 Å². The van der Waals surface area contributed by atoms with Gasteiger partial charge in [0, 0.05) is 18.3 Å². The predicted octanol–water partition coefficient (Wildman–Crippen LogP) is 4.36. The average molecular weight is 393 g/mol. The molecule has 0 bridgehead atoms. The van der Waals surface area contributed by atoms with Crippen LogP contribution in [0, 0.1) is 6.92 Å². The molecule has 6 nitrogen and oxygen atoms in total. The molecular weight excluding hydrogens is 366 g/mol. The summed E-state index contributed by atoms with van der Waals surface area (Å²) >= 11 is 0. The van der Waals surface area contributed by atoms with Crippen molar-refractivity contribution in [1.82, 2.24) is 15.1 Å². The molecule has 1 aliphatic rings. The number of carbonyl (C=O) groups excluding carboxylic acids is 1. The van der Waals surface area contributed by atoms with Crippen LogP contribution in [0.1, 0.15) is 65.0 Å². The maximum Gasteiger partial charge on any atom is 0.287 e. The second-order valence-electron chi connectivity index (χ2n) is 7.56. The first kappa shape index (κ1) is 19.3. The van der Waals surface area contributed by atoms with Crippen LogP contribution in [0.3, 0.4) is 0 Å². The predicted molar refractivity (Wildman–Crippen MR) is 110 cm³/mol. The zero-order chi connectivity index (χ0) is 20.4. The molecule has 1 amide bonds. The first-order chi connectivity index (χ1) is 14.0. The summed E-state index contributed by atoms with van der Waals surface area (Å²) in [5, 5.41) is 7.41. The zero-order valence-corrected chi connectivity index (χ0v) is 17.2. The minimum atomic E-state index is -0.245. The van der Waals surface area contributed by atoms with Gasteiger partial charge in [-0.2, -0.15) is 5.10 Å². The molecule has 1 aliphatic carbocycles. The number of benzene rings is 1. The second kappa shape index (κ2) is 8.15. The molecule has 152 valence electrons. The fourth-order valence-corrected chi connectivity index (χ4v) is 3.84. The lowest BCUT2D eigenvalue weighted by Gasteiger charge is -2.12. The highest BCUT2D eigenvalue weighted by atomic mass is 16.5. The average Bonchev–Trinajstić information content (AvgIpc) is 3.45. The van der Waals surface area contributed by atoms with Gasteiger partial charge in [0.1, 0.15) is 18.1 Å². The Hall–Kier alpha value is -3.02. The lowest BCUT2D eigenvalue weighted by molar-refractivity contribution is 0.0907. The van der Waals surface area contributed by atoms with E-state index in [1.54, 1.807) is 12.1 Å². The fraction of sp³-hybridized carbons (Fsp3) is 0.391. The Labute approximate surface area is 170 Å². The zero-order valence-electron chi connectivity index (χ0n) is 17.2. The van der Waals surface area contributed by atoms with Crippen LogP contribution < -0.4 is 10.1 Å². The minimum Gasteiger partial charge on any atom is -0.486 e. The van der Waals surface area contributed by atoms with Gasteiger partial charge in [-0.15, -0.1) is 0 Å². The number of rotatable bonds is 7. The van der Waals surface area contributed by atoms with E-state index in [0.717, 1.165) is 36.4 Å². The van der Waals surface area contributed by atoms with Crippen molar-refractivity contribution in [3.8, 4) is 5.75 Å². The molecule has 4 rings (SSSR count). The summed E-state index contributed by atoms with van der Waals surface area (Å²) in [5.74, 6) is 1.50. The number of nitrogens with one attached hydrogen (secondary N) is 1. The number of hydrogen-bond acceptors (Lipinski definition) is 4. The number of aryl methyl sites for hydroxylation is 4. The quantitative estimate of drug-likeness (QED) is 0.647. The summed E-state index contributed by atoms with van der Waals surface area (Å²) in [6, 6.07) is 9.57. The second-order valence-corrected chi connectivity index (χ2v) is 7.56. The van der Waals surface area contributed by atoms with Gasteiger partial charge in [-0.3, -0.25) is 9.48 Å². The maximum atomic E-state index is 12.6. The van der Waals surface area contributed by atoms with Crippen molar-refractivity contribution in [2.75, 3.05) is 0 Å². The molecule has 6 heteroatoms. The molecule has 0 saturated heterocycles.